The van der Waals surface area contributed by atoms with E-state index in [0.29, 0.717) is 17.4 Å². The molecular formula is C21H23N3O4S2. The number of hydrogen-bond acceptors (Lipinski definition) is 7. The van der Waals surface area contributed by atoms with Gasteiger partial charge in [-0.15, -0.1) is 22.7 Å². The minimum atomic E-state index is -0.683. The molecule has 30 heavy (non-hydrogen) atoms. The molecule has 0 aliphatic heterocycles. The highest BCUT2D eigenvalue weighted by atomic mass is 32.1. The van der Waals surface area contributed by atoms with E-state index in [4.69, 9.17) is 9.47 Å². The van der Waals surface area contributed by atoms with Crippen molar-refractivity contribution in [3.63, 3.8) is 0 Å². The van der Waals surface area contributed by atoms with Gasteiger partial charge in [0.2, 0.25) is 5.91 Å². The van der Waals surface area contributed by atoms with E-state index in [2.05, 4.69) is 15.6 Å². The predicted octanol–water partition coefficient (Wildman–Crippen LogP) is 4.23. The fourth-order valence-electron chi connectivity index (χ4n) is 2.61. The average Bonchev–Trinajstić information content (AvgIpc) is 3.33. The van der Waals surface area contributed by atoms with E-state index in [9.17, 15) is 9.59 Å². The van der Waals surface area contributed by atoms with Gasteiger partial charge in [0.1, 0.15) is 11.5 Å². The van der Waals surface area contributed by atoms with Crippen molar-refractivity contribution in [1.82, 2.24) is 10.3 Å². The maximum absolute atomic E-state index is 12.5. The standard InChI is InChI=1S/C21H23N3O4S2/c1-12(28-16-7-5-15(27-4)6-8-16)20(26)24-21-23-19(13(2)29-21)18-10-9-17(30-18)11-22-14(3)25/h5-10,12H,11H2,1-4H3,(H,22,25)(H,23,24,26). The Balaban J connectivity index is 1.63. The van der Waals surface area contributed by atoms with Gasteiger partial charge in [-0.1, -0.05) is 0 Å². The summed E-state index contributed by atoms with van der Waals surface area (Å²) in [6.07, 6.45) is -0.683. The smallest absolute Gasteiger partial charge is 0.266 e. The lowest BCUT2D eigenvalue weighted by Crippen LogP contribution is -2.30. The molecule has 7 nitrogen and oxygen atoms in total. The van der Waals surface area contributed by atoms with Crippen molar-refractivity contribution in [2.24, 2.45) is 0 Å². The first-order valence-corrected chi connectivity index (χ1v) is 10.9. The second kappa shape index (κ2) is 9.73. The number of methoxy groups -OCH3 is 1. The van der Waals surface area contributed by atoms with Crippen molar-refractivity contribution in [2.75, 3.05) is 12.4 Å². The monoisotopic (exact) mass is 445 g/mol. The van der Waals surface area contributed by atoms with E-state index < -0.39 is 6.10 Å². The molecule has 2 aromatic heterocycles. The van der Waals surface area contributed by atoms with Crippen LogP contribution in [0.25, 0.3) is 10.6 Å². The number of carbonyl (C=O) groups excluding carboxylic acids is 2. The zero-order valence-corrected chi connectivity index (χ0v) is 18.8. The largest absolute Gasteiger partial charge is 0.497 e. The van der Waals surface area contributed by atoms with Crippen molar-refractivity contribution in [3.05, 3.63) is 46.2 Å². The molecule has 3 rings (SSSR count). The molecule has 158 valence electrons. The van der Waals surface area contributed by atoms with Gasteiger partial charge in [-0.3, -0.25) is 14.9 Å². The number of rotatable bonds is 8. The average molecular weight is 446 g/mol. The van der Waals surface area contributed by atoms with Crippen LogP contribution in [0.5, 0.6) is 11.5 Å². The highest BCUT2D eigenvalue weighted by molar-refractivity contribution is 7.18. The van der Waals surface area contributed by atoms with Gasteiger partial charge in [0.05, 0.1) is 24.2 Å². The Morgan fingerprint density at radius 1 is 1.10 bits per heavy atom. The van der Waals surface area contributed by atoms with Crippen LogP contribution in [0, 0.1) is 6.92 Å². The minimum Gasteiger partial charge on any atom is -0.497 e. The molecule has 0 spiro atoms. The zero-order chi connectivity index (χ0) is 21.7. The molecular weight excluding hydrogens is 422 g/mol. The second-order valence-corrected chi connectivity index (χ2v) is 8.90. The topological polar surface area (TPSA) is 89.6 Å². The minimum absolute atomic E-state index is 0.0641. The van der Waals surface area contributed by atoms with Crippen molar-refractivity contribution in [3.8, 4) is 22.1 Å². The summed E-state index contributed by atoms with van der Waals surface area (Å²) in [4.78, 5) is 31.2. The summed E-state index contributed by atoms with van der Waals surface area (Å²) in [7, 11) is 1.59. The Morgan fingerprint density at radius 2 is 1.80 bits per heavy atom. The fourth-order valence-corrected chi connectivity index (χ4v) is 4.50. The number of ether oxygens (including phenoxy) is 2. The lowest BCUT2D eigenvalue weighted by molar-refractivity contribution is -0.122. The van der Waals surface area contributed by atoms with Crippen LogP contribution in [-0.4, -0.2) is 30.0 Å². The molecule has 1 unspecified atom stereocenters. The van der Waals surface area contributed by atoms with E-state index in [1.165, 1.54) is 18.3 Å². The predicted molar refractivity (Wildman–Crippen MR) is 119 cm³/mol. The number of carbonyl (C=O) groups is 2. The maximum atomic E-state index is 12.5. The highest BCUT2D eigenvalue weighted by Gasteiger charge is 2.19. The summed E-state index contributed by atoms with van der Waals surface area (Å²) >= 11 is 2.98. The van der Waals surface area contributed by atoms with E-state index in [0.717, 1.165) is 26.1 Å². The Morgan fingerprint density at radius 3 is 2.47 bits per heavy atom. The van der Waals surface area contributed by atoms with E-state index in [-0.39, 0.29) is 11.8 Å². The van der Waals surface area contributed by atoms with Crippen LogP contribution >= 0.6 is 22.7 Å². The number of amides is 2. The molecule has 0 aliphatic carbocycles. The summed E-state index contributed by atoms with van der Waals surface area (Å²) in [5, 5.41) is 6.14. The highest BCUT2D eigenvalue weighted by Crippen LogP contribution is 2.34. The molecule has 2 amide bonds. The molecule has 1 atom stereocenters. The molecule has 2 N–H and O–H groups in total. The number of aromatic nitrogens is 1. The second-order valence-electron chi connectivity index (χ2n) is 6.52. The number of nitrogens with one attached hydrogen (secondary N) is 2. The first-order chi connectivity index (χ1) is 14.4. The number of nitrogens with zero attached hydrogens (tertiary/aromatic N) is 1. The third-order valence-electron chi connectivity index (χ3n) is 4.17. The van der Waals surface area contributed by atoms with Gasteiger partial charge in [0.25, 0.3) is 5.91 Å². The molecule has 0 aliphatic rings. The Labute approximate surface area is 183 Å². The number of anilines is 1. The zero-order valence-electron chi connectivity index (χ0n) is 17.1. The first kappa shape index (κ1) is 21.8. The summed E-state index contributed by atoms with van der Waals surface area (Å²) in [6.45, 7) is 5.64. The molecule has 0 saturated heterocycles. The van der Waals surface area contributed by atoms with Crippen LogP contribution < -0.4 is 20.1 Å². The third kappa shape index (κ3) is 5.58. The van der Waals surface area contributed by atoms with Gasteiger partial charge < -0.3 is 14.8 Å². The van der Waals surface area contributed by atoms with Crippen LogP contribution in [0.3, 0.4) is 0 Å². The SMILES string of the molecule is COc1ccc(OC(C)C(=O)Nc2nc(-c3ccc(CNC(C)=O)s3)c(C)s2)cc1. The van der Waals surface area contributed by atoms with Crippen molar-refractivity contribution in [2.45, 2.75) is 33.4 Å². The molecule has 0 saturated carbocycles. The Hall–Kier alpha value is -2.91. The molecule has 0 bridgehead atoms. The van der Waals surface area contributed by atoms with Gasteiger partial charge >= 0.3 is 0 Å². The van der Waals surface area contributed by atoms with Crippen LogP contribution in [0.15, 0.2) is 36.4 Å². The van der Waals surface area contributed by atoms with Crippen LogP contribution in [0.1, 0.15) is 23.6 Å². The van der Waals surface area contributed by atoms with Crippen molar-refractivity contribution < 1.29 is 19.1 Å². The Kier molecular flexibility index (Phi) is 7.07. The quantitative estimate of drug-likeness (QED) is 0.542. The molecule has 9 heteroatoms. The van der Waals surface area contributed by atoms with E-state index >= 15 is 0 Å². The normalized spacial score (nSPS) is 11.6. The lowest BCUT2D eigenvalue weighted by atomic mass is 10.3. The summed E-state index contributed by atoms with van der Waals surface area (Å²) in [6, 6.07) is 11.0. The first-order valence-electron chi connectivity index (χ1n) is 9.28. The number of hydrogen-bond donors (Lipinski definition) is 2. The van der Waals surface area contributed by atoms with Crippen LogP contribution in [0.4, 0.5) is 5.13 Å². The molecule has 2 heterocycles. The van der Waals surface area contributed by atoms with Crippen LogP contribution in [-0.2, 0) is 16.1 Å². The van der Waals surface area contributed by atoms with Crippen molar-refractivity contribution >= 4 is 39.6 Å². The van der Waals surface area contributed by atoms with Gasteiger partial charge in [0.15, 0.2) is 11.2 Å². The summed E-state index contributed by atoms with van der Waals surface area (Å²) in [5.41, 5.74) is 0.832. The number of thiophene rings is 1. The van der Waals surface area contributed by atoms with Gasteiger partial charge in [-0.05, 0) is 50.2 Å². The van der Waals surface area contributed by atoms with Gasteiger partial charge in [-0.2, -0.15) is 0 Å². The lowest BCUT2D eigenvalue weighted by Gasteiger charge is -2.13. The van der Waals surface area contributed by atoms with Crippen LogP contribution in [0.2, 0.25) is 0 Å². The molecule has 1 aromatic carbocycles. The van der Waals surface area contributed by atoms with E-state index in [1.54, 1.807) is 49.6 Å². The maximum Gasteiger partial charge on any atom is 0.266 e. The summed E-state index contributed by atoms with van der Waals surface area (Å²) < 4.78 is 10.8. The molecule has 0 fully saturated rings. The number of benzene rings is 1. The van der Waals surface area contributed by atoms with Gasteiger partial charge in [-0.25, -0.2) is 4.98 Å². The van der Waals surface area contributed by atoms with Gasteiger partial charge in [0, 0.05) is 16.7 Å². The Bertz CT molecular complexity index is 1030. The summed E-state index contributed by atoms with van der Waals surface area (Å²) in [5.74, 6) is 0.966. The molecule has 3 aromatic rings. The molecule has 0 radical (unpaired) electrons. The fraction of sp³-hybridized carbons (Fsp3) is 0.286. The number of aryl methyl sites for hydroxylation is 1. The van der Waals surface area contributed by atoms with Crippen molar-refractivity contribution in [1.29, 1.82) is 0 Å². The number of thiazole rings is 1. The third-order valence-corrected chi connectivity index (χ3v) is 6.15. The van der Waals surface area contributed by atoms with E-state index in [1.807, 2.05) is 19.1 Å².